The molecule has 0 spiro atoms. The van der Waals surface area contributed by atoms with Crippen LogP contribution in [0.5, 0.6) is 0 Å². The van der Waals surface area contributed by atoms with Crippen molar-refractivity contribution in [3.8, 4) is 0 Å². The Morgan fingerprint density at radius 2 is 1.15 bits per heavy atom. The van der Waals surface area contributed by atoms with E-state index in [4.69, 9.17) is 18.9 Å². The molecule has 1 atom stereocenters. The molecule has 0 bridgehead atoms. The van der Waals surface area contributed by atoms with Gasteiger partial charge in [-0.25, -0.2) is 9.59 Å². The van der Waals surface area contributed by atoms with Gasteiger partial charge in [0.1, 0.15) is 26.4 Å². The number of nitrogens with zero attached hydrogens (tertiary/aromatic N) is 1. The van der Waals surface area contributed by atoms with Crippen LogP contribution in [0.1, 0.15) is 176 Å². The van der Waals surface area contributed by atoms with Crippen molar-refractivity contribution >= 4 is 18.1 Å². The molecule has 0 fully saturated rings. The van der Waals surface area contributed by atoms with E-state index in [9.17, 15) is 14.4 Å². The van der Waals surface area contributed by atoms with Crippen LogP contribution in [0.4, 0.5) is 4.79 Å². The summed E-state index contributed by atoms with van der Waals surface area (Å²) in [6, 6.07) is 0. The number of esters is 2. The maximum atomic E-state index is 12.8. The highest BCUT2D eigenvalue weighted by Crippen LogP contribution is 2.18. The Kier molecular flexibility index (Phi) is 33.4. The van der Waals surface area contributed by atoms with Crippen LogP contribution >= 0.6 is 0 Å². The molecular formula is C45H81NO7. The molecule has 0 aromatic carbocycles. The van der Waals surface area contributed by atoms with Crippen LogP contribution in [0, 0.1) is 11.3 Å². The van der Waals surface area contributed by atoms with E-state index < -0.39 is 18.0 Å². The summed E-state index contributed by atoms with van der Waals surface area (Å²) in [6.07, 6.45) is 32.6. The summed E-state index contributed by atoms with van der Waals surface area (Å²) in [5.74, 6) is -1.20. The summed E-state index contributed by atoms with van der Waals surface area (Å²) in [7, 11) is 2.03. The maximum absolute atomic E-state index is 12.8. The number of rotatable bonds is 35. The van der Waals surface area contributed by atoms with Gasteiger partial charge in [-0.1, -0.05) is 142 Å². The molecule has 0 aromatic heterocycles. The molecule has 0 saturated heterocycles. The van der Waals surface area contributed by atoms with Crippen LogP contribution in [0.2, 0.25) is 0 Å². The van der Waals surface area contributed by atoms with Gasteiger partial charge >= 0.3 is 18.1 Å². The Bertz CT molecular complexity index is 1000. The van der Waals surface area contributed by atoms with Crippen molar-refractivity contribution in [2.45, 2.75) is 176 Å². The molecule has 0 N–H and O–H groups in total. The molecule has 1 unspecified atom stereocenters. The monoisotopic (exact) mass is 748 g/mol. The Morgan fingerprint density at radius 1 is 0.604 bits per heavy atom. The fraction of sp³-hybridized carbons (Fsp3) is 0.800. The molecule has 0 aliphatic carbocycles. The minimum atomic E-state index is -0.784. The normalized spacial score (nSPS) is 12.9. The van der Waals surface area contributed by atoms with Crippen molar-refractivity contribution in [1.29, 1.82) is 0 Å². The lowest BCUT2D eigenvalue weighted by Gasteiger charge is -2.29. The second kappa shape index (κ2) is 35.1. The van der Waals surface area contributed by atoms with E-state index in [1.165, 1.54) is 64.2 Å². The zero-order valence-corrected chi connectivity index (χ0v) is 35.4. The molecule has 0 saturated carbocycles. The van der Waals surface area contributed by atoms with E-state index in [0.29, 0.717) is 6.42 Å². The second-order valence-corrected chi connectivity index (χ2v) is 15.6. The minimum Gasteiger partial charge on any atom is -0.465 e. The molecule has 53 heavy (non-hydrogen) atoms. The summed E-state index contributed by atoms with van der Waals surface area (Å²) >= 11 is 0. The second-order valence-electron chi connectivity index (χ2n) is 15.6. The van der Waals surface area contributed by atoms with Crippen LogP contribution in [-0.4, -0.2) is 69.6 Å². The zero-order valence-electron chi connectivity index (χ0n) is 35.4. The van der Waals surface area contributed by atoms with E-state index in [2.05, 4.69) is 56.9 Å². The van der Waals surface area contributed by atoms with Crippen LogP contribution in [-0.2, 0) is 28.5 Å². The van der Waals surface area contributed by atoms with Crippen LogP contribution in [0.15, 0.2) is 36.0 Å². The van der Waals surface area contributed by atoms with Gasteiger partial charge in [0, 0.05) is 24.5 Å². The first-order valence-corrected chi connectivity index (χ1v) is 21.4. The summed E-state index contributed by atoms with van der Waals surface area (Å²) in [4.78, 5) is 40.0. The molecule has 0 aliphatic rings. The summed E-state index contributed by atoms with van der Waals surface area (Å²) in [5.41, 5.74) is 0.853. The number of hydrogen-bond acceptors (Lipinski definition) is 8. The highest BCUT2D eigenvalue weighted by molar-refractivity contribution is 5.82. The summed E-state index contributed by atoms with van der Waals surface area (Å²) in [6.45, 7) is 14.5. The number of unbranched alkanes of at least 4 members (excludes halogenated alkanes) is 13. The predicted octanol–water partition coefficient (Wildman–Crippen LogP) is 12.1. The highest BCUT2D eigenvalue weighted by atomic mass is 16.7. The SMILES string of the molecule is CCCCCC/C=C\C/C=C\CCCCCCCCC(=O)OCC(COC(=O)/C=C(\CCC)CCCCCC)COC(=O)OCC(C)(C)CN(C)CC. The molecule has 0 aromatic rings. The van der Waals surface area contributed by atoms with Gasteiger partial charge in [0.2, 0.25) is 0 Å². The molecule has 0 amide bonds. The maximum Gasteiger partial charge on any atom is 0.508 e. The third-order valence-electron chi connectivity index (χ3n) is 9.27. The zero-order chi connectivity index (χ0) is 39.4. The molecule has 8 heteroatoms. The summed E-state index contributed by atoms with van der Waals surface area (Å²) < 4.78 is 22.0. The quantitative estimate of drug-likeness (QED) is 0.0208. The van der Waals surface area contributed by atoms with E-state index in [0.717, 1.165) is 82.9 Å². The van der Waals surface area contributed by atoms with Crippen molar-refractivity contribution in [2.24, 2.45) is 11.3 Å². The Hall–Kier alpha value is -2.61. The smallest absolute Gasteiger partial charge is 0.465 e. The first-order chi connectivity index (χ1) is 25.6. The molecule has 0 heterocycles. The average molecular weight is 748 g/mol. The lowest BCUT2D eigenvalue weighted by molar-refractivity contribution is -0.148. The van der Waals surface area contributed by atoms with E-state index >= 15 is 0 Å². The first kappa shape index (κ1) is 50.4. The standard InChI is InChI=1S/C45H81NO7/c1-8-12-14-16-17-18-19-20-21-22-23-24-25-26-27-28-30-33-42(47)50-35-41(37-52-44(49)53-39-45(5,6)38-46(7)11-4)36-51-43(48)34-40(31-10-3)32-29-15-13-9-2/h18-19,21-22,34,41H,8-17,20,23-33,35-39H2,1-7H3/b19-18-,22-21-,40-34+. The fourth-order valence-electron chi connectivity index (χ4n) is 6.01. The Balaban J connectivity index is 4.68. The van der Waals surface area contributed by atoms with Gasteiger partial charge in [-0.15, -0.1) is 0 Å². The van der Waals surface area contributed by atoms with E-state index in [1.807, 2.05) is 20.9 Å². The van der Waals surface area contributed by atoms with Gasteiger partial charge in [-0.05, 0) is 71.4 Å². The topological polar surface area (TPSA) is 91.4 Å². The van der Waals surface area contributed by atoms with E-state index in [-0.39, 0.29) is 37.8 Å². The van der Waals surface area contributed by atoms with Gasteiger partial charge in [0.15, 0.2) is 0 Å². The first-order valence-electron chi connectivity index (χ1n) is 21.4. The number of carbonyl (C=O) groups is 3. The van der Waals surface area contributed by atoms with Crippen LogP contribution < -0.4 is 0 Å². The van der Waals surface area contributed by atoms with Gasteiger partial charge in [-0.3, -0.25) is 4.79 Å². The number of carbonyl (C=O) groups excluding carboxylic acids is 3. The lowest BCUT2D eigenvalue weighted by Crippen LogP contribution is -2.35. The Morgan fingerprint density at radius 3 is 1.77 bits per heavy atom. The van der Waals surface area contributed by atoms with Crippen LogP contribution in [0.25, 0.3) is 0 Å². The van der Waals surface area contributed by atoms with Crippen molar-refractivity contribution in [3.63, 3.8) is 0 Å². The van der Waals surface area contributed by atoms with Crippen molar-refractivity contribution in [1.82, 2.24) is 4.90 Å². The summed E-state index contributed by atoms with van der Waals surface area (Å²) in [5, 5.41) is 0. The van der Waals surface area contributed by atoms with Gasteiger partial charge in [0.05, 0.1) is 5.92 Å². The van der Waals surface area contributed by atoms with Crippen molar-refractivity contribution in [2.75, 3.05) is 46.6 Å². The fourth-order valence-corrected chi connectivity index (χ4v) is 6.01. The third kappa shape index (κ3) is 33.7. The number of ether oxygens (including phenoxy) is 4. The number of hydrogen-bond donors (Lipinski definition) is 0. The van der Waals surface area contributed by atoms with Gasteiger partial charge in [-0.2, -0.15) is 0 Å². The molecule has 0 aliphatic heterocycles. The third-order valence-corrected chi connectivity index (χ3v) is 9.27. The highest BCUT2D eigenvalue weighted by Gasteiger charge is 2.24. The molecule has 308 valence electrons. The predicted molar refractivity (Wildman–Crippen MR) is 220 cm³/mol. The van der Waals surface area contributed by atoms with Crippen LogP contribution in [0.3, 0.4) is 0 Å². The van der Waals surface area contributed by atoms with E-state index in [1.54, 1.807) is 6.08 Å². The minimum absolute atomic E-state index is 0.00298. The Labute approximate surface area is 325 Å². The lowest BCUT2D eigenvalue weighted by atomic mass is 9.94. The van der Waals surface area contributed by atoms with Gasteiger partial charge < -0.3 is 23.8 Å². The molecule has 0 rings (SSSR count). The van der Waals surface area contributed by atoms with Crippen molar-refractivity contribution in [3.05, 3.63) is 36.0 Å². The van der Waals surface area contributed by atoms with Crippen molar-refractivity contribution < 1.29 is 33.3 Å². The van der Waals surface area contributed by atoms with Gasteiger partial charge in [0.25, 0.3) is 0 Å². The molecule has 8 nitrogen and oxygen atoms in total. The molecular weight excluding hydrogens is 666 g/mol. The number of allylic oxidation sites excluding steroid dienone is 5. The average Bonchev–Trinajstić information content (AvgIpc) is 3.13. The largest absolute Gasteiger partial charge is 0.508 e. The molecule has 0 radical (unpaired) electrons.